The third-order valence-electron chi connectivity index (χ3n) is 3.02. The molecule has 0 aliphatic carbocycles. The van der Waals surface area contributed by atoms with E-state index in [0.29, 0.717) is 0 Å². The molecule has 3 aromatic rings. The first-order valence-electron chi connectivity index (χ1n) is 6.58. The average Bonchev–Trinajstić information content (AvgIpc) is 2.54. The summed E-state index contributed by atoms with van der Waals surface area (Å²) in [6, 6.07) is 6.98. The summed E-state index contributed by atoms with van der Waals surface area (Å²) < 4.78 is 0. The Bertz CT molecular complexity index is 921. The second-order valence-corrected chi connectivity index (χ2v) is 4.59. The predicted octanol–water partition coefficient (Wildman–Crippen LogP) is -0.489. The van der Waals surface area contributed by atoms with Gasteiger partial charge in [-0.3, -0.25) is 19.6 Å². The molecule has 0 atom stereocenters. The molecule has 0 fully saturated rings. The molecule has 0 aliphatic rings. The van der Waals surface area contributed by atoms with Gasteiger partial charge in [0.05, 0.1) is 0 Å². The third-order valence-corrected chi connectivity index (χ3v) is 3.02. The molecular weight excluding hydrogens is 280 g/mol. The minimum Gasteiger partial charge on any atom is -0.316 e. The standard InChI is InChI=1S/C16H12N4O2/c21-15-13(9-11-1-5-17-6-2-11)19-16(22)14(20-15)10-12-3-7-18-8-4-12/h1-10H,(H,19,22)(H,20,21). The number of H-pyrrole nitrogens is 2. The van der Waals surface area contributed by atoms with Crippen LogP contribution in [0.1, 0.15) is 11.1 Å². The van der Waals surface area contributed by atoms with Crippen molar-refractivity contribution in [3.8, 4) is 0 Å². The van der Waals surface area contributed by atoms with Gasteiger partial charge in [-0.25, -0.2) is 0 Å². The van der Waals surface area contributed by atoms with Crippen molar-refractivity contribution in [3.05, 3.63) is 91.6 Å². The van der Waals surface area contributed by atoms with Crippen LogP contribution in [0.4, 0.5) is 0 Å². The van der Waals surface area contributed by atoms with Gasteiger partial charge in [0.1, 0.15) is 10.7 Å². The van der Waals surface area contributed by atoms with Crippen LogP contribution in [0.3, 0.4) is 0 Å². The van der Waals surface area contributed by atoms with Crippen LogP contribution in [0, 0.1) is 0 Å². The first kappa shape index (κ1) is 13.7. The Morgan fingerprint density at radius 3 is 1.41 bits per heavy atom. The largest absolute Gasteiger partial charge is 0.316 e. The maximum atomic E-state index is 12.1. The Morgan fingerprint density at radius 2 is 1.05 bits per heavy atom. The number of nitrogens with one attached hydrogen (secondary N) is 2. The first-order chi connectivity index (χ1) is 10.7. The summed E-state index contributed by atoms with van der Waals surface area (Å²) in [6.07, 6.45) is 9.65. The molecule has 22 heavy (non-hydrogen) atoms. The minimum atomic E-state index is -0.364. The zero-order valence-electron chi connectivity index (χ0n) is 11.5. The van der Waals surface area contributed by atoms with Crippen LogP contribution < -0.4 is 21.8 Å². The molecule has 0 bridgehead atoms. The normalized spacial score (nSPS) is 12.5. The molecule has 0 spiro atoms. The van der Waals surface area contributed by atoms with E-state index in [1.165, 1.54) is 0 Å². The summed E-state index contributed by atoms with van der Waals surface area (Å²) in [6.45, 7) is 0. The molecule has 0 aromatic carbocycles. The molecule has 3 heterocycles. The van der Waals surface area contributed by atoms with Crippen LogP contribution in [-0.2, 0) is 0 Å². The molecular formula is C16H12N4O2. The lowest BCUT2D eigenvalue weighted by molar-refractivity contribution is 1.00. The number of aromatic nitrogens is 4. The summed E-state index contributed by atoms with van der Waals surface area (Å²) >= 11 is 0. The maximum absolute atomic E-state index is 12.1. The molecule has 3 aromatic heterocycles. The predicted molar refractivity (Wildman–Crippen MR) is 82.5 cm³/mol. The van der Waals surface area contributed by atoms with E-state index in [1.54, 1.807) is 61.2 Å². The summed E-state index contributed by atoms with van der Waals surface area (Å²) in [5.41, 5.74) is 0.831. The van der Waals surface area contributed by atoms with E-state index < -0.39 is 0 Å². The summed E-state index contributed by atoms with van der Waals surface area (Å²) in [4.78, 5) is 37.1. The zero-order valence-corrected chi connectivity index (χ0v) is 11.5. The van der Waals surface area contributed by atoms with Crippen molar-refractivity contribution < 1.29 is 0 Å². The van der Waals surface area contributed by atoms with Gasteiger partial charge in [0.2, 0.25) is 0 Å². The van der Waals surface area contributed by atoms with Gasteiger partial charge in [-0.1, -0.05) is 0 Å². The molecule has 3 rings (SSSR count). The number of hydrogen-bond donors (Lipinski definition) is 2. The van der Waals surface area contributed by atoms with Crippen molar-refractivity contribution in [1.29, 1.82) is 0 Å². The summed E-state index contributed by atoms with van der Waals surface area (Å²) in [7, 11) is 0. The average molecular weight is 292 g/mol. The molecule has 0 saturated heterocycles. The van der Waals surface area contributed by atoms with Crippen molar-refractivity contribution in [3.63, 3.8) is 0 Å². The lowest BCUT2D eigenvalue weighted by Crippen LogP contribution is -2.46. The van der Waals surface area contributed by atoms with Crippen molar-refractivity contribution in [2.24, 2.45) is 0 Å². The van der Waals surface area contributed by atoms with E-state index in [2.05, 4.69) is 19.9 Å². The van der Waals surface area contributed by atoms with E-state index >= 15 is 0 Å². The molecule has 2 N–H and O–H groups in total. The van der Waals surface area contributed by atoms with Gasteiger partial charge in [-0.15, -0.1) is 0 Å². The van der Waals surface area contributed by atoms with Crippen LogP contribution in [0.25, 0.3) is 12.2 Å². The maximum Gasteiger partial charge on any atom is 0.272 e. The highest BCUT2D eigenvalue weighted by molar-refractivity contribution is 5.48. The second-order valence-electron chi connectivity index (χ2n) is 4.59. The molecule has 108 valence electrons. The van der Waals surface area contributed by atoms with Crippen LogP contribution in [-0.4, -0.2) is 19.9 Å². The van der Waals surface area contributed by atoms with E-state index in [0.717, 1.165) is 11.1 Å². The van der Waals surface area contributed by atoms with Crippen LogP contribution in [0.15, 0.2) is 58.6 Å². The van der Waals surface area contributed by atoms with E-state index in [1.807, 2.05) is 0 Å². The van der Waals surface area contributed by atoms with Gasteiger partial charge in [0.15, 0.2) is 0 Å². The lowest BCUT2D eigenvalue weighted by Gasteiger charge is -1.93. The molecule has 0 radical (unpaired) electrons. The van der Waals surface area contributed by atoms with Gasteiger partial charge < -0.3 is 9.97 Å². The van der Waals surface area contributed by atoms with Crippen molar-refractivity contribution >= 4 is 12.2 Å². The van der Waals surface area contributed by atoms with E-state index in [9.17, 15) is 9.59 Å². The Kier molecular flexibility index (Phi) is 3.74. The van der Waals surface area contributed by atoms with Crippen LogP contribution in [0.2, 0.25) is 0 Å². The lowest BCUT2D eigenvalue weighted by atomic mass is 10.2. The summed E-state index contributed by atoms with van der Waals surface area (Å²) in [5, 5.41) is 0.395. The molecule has 0 unspecified atom stereocenters. The quantitative estimate of drug-likeness (QED) is 0.667. The zero-order chi connectivity index (χ0) is 15.4. The highest BCUT2D eigenvalue weighted by Gasteiger charge is 1.96. The number of pyridine rings is 2. The fourth-order valence-corrected chi connectivity index (χ4v) is 1.95. The van der Waals surface area contributed by atoms with Crippen molar-refractivity contribution in [1.82, 2.24) is 19.9 Å². The first-order valence-corrected chi connectivity index (χ1v) is 6.58. The van der Waals surface area contributed by atoms with Gasteiger partial charge >= 0.3 is 0 Å². The fraction of sp³-hybridized carbons (Fsp3) is 0. The van der Waals surface area contributed by atoms with Gasteiger partial charge in [-0.05, 0) is 47.5 Å². The van der Waals surface area contributed by atoms with Crippen LogP contribution >= 0.6 is 0 Å². The van der Waals surface area contributed by atoms with Crippen LogP contribution in [0.5, 0.6) is 0 Å². The highest BCUT2D eigenvalue weighted by atomic mass is 16.1. The van der Waals surface area contributed by atoms with Gasteiger partial charge in [-0.2, -0.15) is 0 Å². The van der Waals surface area contributed by atoms with Gasteiger partial charge in [0, 0.05) is 24.8 Å². The topological polar surface area (TPSA) is 91.5 Å². The monoisotopic (exact) mass is 292 g/mol. The highest BCUT2D eigenvalue weighted by Crippen LogP contribution is 1.95. The molecule has 0 aliphatic heterocycles. The Labute approximate surface area is 124 Å². The van der Waals surface area contributed by atoms with Crippen molar-refractivity contribution in [2.45, 2.75) is 0 Å². The van der Waals surface area contributed by atoms with Gasteiger partial charge in [0.25, 0.3) is 11.1 Å². The number of nitrogens with zero attached hydrogens (tertiary/aromatic N) is 2. The number of rotatable bonds is 2. The Hall–Kier alpha value is -3.28. The number of aromatic amines is 2. The van der Waals surface area contributed by atoms with Crippen molar-refractivity contribution in [2.75, 3.05) is 0 Å². The Balaban J connectivity index is 2.14. The number of hydrogen-bond acceptors (Lipinski definition) is 4. The van der Waals surface area contributed by atoms with E-state index in [-0.39, 0.29) is 21.8 Å². The minimum absolute atomic E-state index is 0.197. The SMILES string of the molecule is O=c1[nH]c(=Cc2ccncc2)c(=O)[nH]c1=Cc1ccncc1. The molecule has 6 nitrogen and oxygen atoms in total. The molecule has 6 heteroatoms. The smallest absolute Gasteiger partial charge is 0.272 e. The Morgan fingerprint density at radius 1 is 0.682 bits per heavy atom. The fourth-order valence-electron chi connectivity index (χ4n) is 1.95. The molecule has 0 saturated carbocycles. The van der Waals surface area contributed by atoms with E-state index in [4.69, 9.17) is 0 Å². The summed E-state index contributed by atoms with van der Waals surface area (Å²) in [5.74, 6) is 0. The third kappa shape index (κ3) is 3.06. The molecule has 0 amide bonds. The second kappa shape index (κ2) is 6.01.